The highest BCUT2D eigenvalue weighted by atomic mass is 16.5. The first-order valence-corrected chi connectivity index (χ1v) is 6.02. The van der Waals surface area contributed by atoms with Crippen molar-refractivity contribution < 1.29 is 19.4 Å². The lowest BCUT2D eigenvalue weighted by Gasteiger charge is -2.37. The molecular weight excluding hydrogens is 238 g/mol. The zero-order valence-corrected chi connectivity index (χ0v) is 11.0. The first kappa shape index (κ1) is 15.3. The Labute approximate surface area is 107 Å². The summed E-state index contributed by atoms with van der Waals surface area (Å²) in [5.41, 5.74) is 1.30. The predicted octanol–water partition coefficient (Wildman–Crippen LogP) is -1.54. The third kappa shape index (κ3) is 4.18. The van der Waals surface area contributed by atoms with Crippen LogP contribution in [-0.4, -0.2) is 68.1 Å². The summed E-state index contributed by atoms with van der Waals surface area (Å²) in [6, 6.07) is -0.508. The van der Waals surface area contributed by atoms with Crippen molar-refractivity contribution in [1.82, 2.24) is 10.3 Å². The van der Waals surface area contributed by atoms with E-state index in [9.17, 15) is 9.90 Å². The van der Waals surface area contributed by atoms with Gasteiger partial charge in [-0.3, -0.25) is 15.1 Å². The number of nitrogens with zero attached hydrogens (tertiary/aromatic N) is 1. The van der Waals surface area contributed by atoms with Crippen LogP contribution in [0.3, 0.4) is 0 Å². The average molecular weight is 261 g/mol. The van der Waals surface area contributed by atoms with Crippen LogP contribution in [0.1, 0.15) is 12.8 Å². The molecule has 1 fully saturated rings. The molecule has 0 spiro atoms. The number of aliphatic hydroxyl groups is 1. The van der Waals surface area contributed by atoms with E-state index in [1.54, 1.807) is 11.9 Å². The standard InChI is InChI=1S/C11H23N3O4/c1-14(9(7-17-2)10(15)13-12)8-11(16)3-5-18-6-4-11/h9,16H,3-8,12H2,1-2H3,(H,13,15). The summed E-state index contributed by atoms with van der Waals surface area (Å²) in [5, 5.41) is 10.4. The Balaban J connectivity index is 2.59. The van der Waals surface area contributed by atoms with Crippen LogP contribution in [0.4, 0.5) is 0 Å². The fourth-order valence-electron chi connectivity index (χ4n) is 2.14. The van der Waals surface area contributed by atoms with Crippen molar-refractivity contribution in [3.05, 3.63) is 0 Å². The van der Waals surface area contributed by atoms with Crippen molar-refractivity contribution in [2.75, 3.05) is 40.5 Å². The van der Waals surface area contributed by atoms with Gasteiger partial charge in [0.1, 0.15) is 6.04 Å². The van der Waals surface area contributed by atoms with E-state index in [1.807, 2.05) is 0 Å². The second-order valence-electron chi connectivity index (χ2n) is 4.73. The summed E-state index contributed by atoms with van der Waals surface area (Å²) in [6.07, 6.45) is 1.14. The van der Waals surface area contributed by atoms with E-state index in [0.717, 1.165) is 0 Å². The Morgan fingerprint density at radius 1 is 1.61 bits per heavy atom. The highest BCUT2D eigenvalue weighted by molar-refractivity contribution is 5.81. The Morgan fingerprint density at radius 2 is 2.22 bits per heavy atom. The Hall–Kier alpha value is -0.730. The number of likely N-dealkylation sites (N-methyl/N-ethyl adjacent to an activating group) is 1. The molecule has 0 saturated carbocycles. The minimum atomic E-state index is -0.812. The highest BCUT2D eigenvalue weighted by Crippen LogP contribution is 2.22. The van der Waals surface area contributed by atoms with Gasteiger partial charge in [0, 0.05) is 39.7 Å². The number of nitrogens with one attached hydrogen (secondary N) is 1. The average Bonchev–Trinajstić information content (AvgIpc) is 2.35. The van der Waals surface area contributed by atoms with Crippen molar-refractivity contribution in [1.29, 1.82) is 0 Å². The van der Waals surface area contributed by atoms with Crippen molar-refractivity contribution in [2.45, 2.75) is 24.5 Å². The van der Waals surface area contributed by atoms with E-state index in [-0.39, 0.29) is 12.5 Å². The molecule has 1 unspecified atom stereocenters. The number of hydrazine groups is 1. The van der Waals surface area contributed by atoms with Crippen LogP contribution in [0.25, 0.3) is 0 Å². The number of carbonyl (C=O) groups excluding carboxylic acids is 1. The fourth-order valence-corrected chi connectivity index (χ4v) is 2.14. The predicted molar refractivity (Wildman–Crippen MR) is 65.6 cm³/mol. The monoisotopic (exact) mass is 261 g/mol. The molecule has 0 aromatic heterocycles. The molecule has 1 saturated heterocycles. The maximum Gasteiger partial charge on any atom is 0.253 e. The third-order valence-electron chi connectivity index (χ3n) is 3.27. The molecule has 1 aliphatic rings. The van der Waals surface area contributed by atoms with Crippen LogP contribution < -0.4 is 11.3 Å². The summed E-state index contributed by atoms with van der Waals surface area (Å²) in [4.78, 5) is 13.4. The van der Waals surface area contributed by atoms with Crippen molar-refractivity contribution in [2.24, 2.45) is 5.84 Å². The lowest BCUT2D eigenvalue weighted by molar-refractivity contribution is -0.131. The van der Waals surface area contributed by atoms with Crippen LogP contribution in [0.2, 0.25) is 0 Å². The number of hydrogen-bond acceptors (Lipinski definition) is 6. The Kier molecular flexibility index (Phi) is 5.97. The first-order chi connectivity index (χ1) is 8.52. The van der Waals surface area contributed by atoms with E-state index < -0.39 is 11.6 Å². The molecule has 0 bridgehead atoms. The Morgan fingerprint density at radius 3 is 2.72 bits per heavy atom. The van der Waals surface area contributed by atoms with Gasteiger partial charge in [0.15, 0.2) is 0 Å². The summed E-state index contributed by atoms with van der Waals surface area (Å²) in [7, 11) is 3.29. The number of carbonyl (C=O) groups is 1. The normalized spacial score (nSPS) is 20.7. The molecule has 1 aliphatic heterocycles. The van der Waals surface area contributed by atoms with E-state index in [2.05, 4.69) is 5.43 Å². The van der Waals surface area contributed by atoms with Crippen LogP contribution in [0, 0.1) is 0 Å². The zero-order valence-electron chi connectivity index (χ0n) is 11.0. The quantitative estimate of drug-likeness (QED) is 0.305. The van der Waals surface area contributed by atoms with Crippen molar-refractivity contribution in [3.63, 3.8) is 0 Å². The lowest BCUT2D eigenvalue weighted by Crippen LogP contribution is -2.55. The molecule has 106 valence electrons. The van der Waals surface area contributed by atoms with E-state index >= 15 is 0 Å². The molecule has 18 heavy (non-hydrogen) atoms. The van der Waals surface area contributed by atoms with Crippen LogP contribution >= 0.6 is 0 Å². The molecule has 1 amide bonds. The topological polar surface area (TPSA) is 97.0 Å². The van der Waals surface area contributed by atoms with Crippen molar-refractivity contribution in [3.8, 4) is 0 Å². The molecule has 4 N–H and O–H groups in total. The zero-order chi connectivity index (χ0) is 13.6. The Bertz CT molecular complexity index is 269. The second-order valence-corrected chi connectivity index (χ2v) is 4.73. The highest BCUT2D eigenvalue weighted by Gasteiger charge is 2.34. The van der Waals surface area contributed by atoms with Crippen molar-refractivity contribution >= 4 is 5.91 Å². The molecule has 0 radical (unpaired) electrons. The number of ether oxygens (including phenoxy) is 2. The molecular formula is C11H23N3O4. The van der Waals surface area contributed by atoms with Crippen LogP contribution in [0.5, 0.6) is 0 Å². The number of nitrogens with two attached hydrogens (primary N) is 1. The largest absolute Gasteiger partial charge is 0.388 e. The summed E-state index contributed by atoms with van der Waals surface area (Å²) in [6.45, 7) is 1.70. The first-order valence-electron chi connectivity index (χ1n) is 6.02. The van der Waals surface area contributed by atoms with Gasteiger partial charge >= 0.3 is 0 Å². The molecule has 1 rings (SSSR count). The van der Waals surface area contributed by atoms with Crippen LogP contribution in [0.15, 0.2) is 0 Å². The maximum absolute atomic E-state index is 11.6. The number of rotatable bonds is 6. The van der Waals surface area contributed by atoms with Gasteiger partial charge < -0.3 is 14.6 Å². The van der Waals surface area contributed by atoms with Gasteiger partial charge in [0.2, 0.25) is 0 Å². The minimum Gasteiger partial charge on any atom is -0.388 e. The molecule has 7 heteroatoms. The van der Waals surface area contributed by atoms with Gasteiger partial charge in [0.25, 0.3) is 5.91 Å². The van der Waals surface area contributed by atoms with Gasteiger partial charge in [-0.05, 0) is 7.05 Å². The molecule has 0 aliphatic carbocycles. The van der Waals surface area contributed by atoms with Gasteiger partial charge in [0.05, 0.1) is 12.2 Å². The third-order valence-corrected chi connectivity index (χ3v) is 3.27. The molecule has 0 aromatic carbocycles. The van der Waals surface area contributed by atoms with Gasteiger partial charge in [-0.1, -0.05) is 0 Å². The van der Waals surface area contributed by atoms with Gasteiger partial charge in [-0.25, -0.2) is 5.84 Å². The molecule has 1 heterocycles. The SMILES string of the molecule is COCC(C(=O)NN)N(C)CC1(O)CCOCC1. The van der Waals surface area contributed by atoms with Gasteiger partial charge in [-0.2, -0.15) is 0 Å². The second kappa shape index (κ2) is 7.01. The fraction of sp³-hybridized carbons (Fsp3) is 0.909. The van der Waals surface area contributed by atoms with E-state index in [0.29, 0.717) is 32.6 Å². The maximum atomic E-state index is 11.6. The smallest absolute Gasteiger partial charge is 0.253 e. The molecule has 7 nitrogen and oxygen atoms in total. The number of amides is 1. The van der Waals surface area contributed by atoms with E-state index in [4.69, 9.17) is 15.3 Å². The minimum absolute atomic E-state index is 0.228. The lowest BCUT2D eigenvalue weighted by atomic mass is 9.93. The summed E-state index contributed by atoms with van der Waals surface area (Å²) < 4.78 is 10.2. The number of methoxy groups -OCH3 is 1. The number of hydrogen-bond donors (Lipinski definition) is 3. The molecule has 0 aromatic rings. The van der Waals surface area contributed by atoms with Crippen LogP contribution in [-0.2, 0) is 14.3 Å². The van der Waals surface area contributed by atoms with Gasteiger partial charge in [-0.15, -0.1) is 0 Å². The van der Waals surface area contributed by atoms with E-state index in [1.165, 1.54) is 7.11 Å². The molecule has 1 atom stereocenters. The summed E-state index contributed by atoms with van der Waals surface area (Å²) >= 11 is 0. The summed E-state index contributed by atoms with van der Waals surface area (Å²) in [5.74, 6) is 4.82.